The highest BCUT2D eigenvalue weighted by molar-refractivity contribution is 6.07. The van der Waals surface area contributed by atoms with Crippen molar-refractivity contribution in [3.05, 3.63) is 89.1 Å². The number of hydrogen-bond donors (Lipinski definition) is 1. The number of nitrogens with zero attached hydrogens (tertiary/aromatic N) is 4. The molecule has 182 valence electrons. The molecule has 0 saturated carbocycles. The van der Waals surface area contributed by atoms with Crippen LogP contribution in [0.5, 0.6) is 0 Å². The van der Waals surface area contributed by atoms with Gasteiger partial charge in [-0.25, -0.2) is 9.97 Å². The molecule has 1 aromatic heterocycles. The molecule has 2 heterocycles. The maximum atomic E-state index is 13.6. The molecule has 0 atom stereocenters. The number of carbonyl (C=O) groups excluding carboxylic acids is 2. The Hall–Kier alpha value is -4.26. The molecule has 0 bridgehead atoms. The highest BCUT2D eigenvalue weighted by atomic mass is 16.2. The van der Waals surface area contributed by atoms with E-state index in [1.807, 2.05) is 87.5 Å². The van der Waals surface area contributed by atoms with Crippen LogP contribution >= 0.6 is 0 Å². The van der Waals surface area contributed by atoms with Gasteiger partial charge in [0.05, 0.1) is 5.52 Å². The van der Waals surface area contributed by atoms with Crippen LogP contribution < -0.4 is 5.73 Å². The van der Waals surface area contributed by atoms with Gasteiger partial charge in [-0.15, -0.1) is 0 Å². The fourth-order valence-corrected chi connectivity index (χ4v) is 4.51. The molecule has 36 heavy (non-hydrogen) atoms. The second-order valence-corrected chi connectivity index (χ2v) is 10.2. The molecule has 7 heteroatoms. The first-order chi connectivity index (χ1) is 17.1. The van der Waals surface area contributed by atoms with Gasteiger partial charge in [0.1, 0.15) is 5.69 Å². The van der Waals surface area contributed by atoms with Gasteiger partial charge >= 0.3 is 0 Å². The van der Waals surface area contributed by atoms with Crippen molar-refractivity contribution in [3.63, 3.8) is 0 Å². The number of fused-ring (bicyclic) bond motifs is 2. The van der Waals surface area contributed by atoms with E-state index < -0.39 is 0 Å². The monoisotopic (exact) mass is 479 g/mol. The highest BCUT2D eigenvalue weighted by Crippen LogP contribution is 2.31. The maximum Gasteiger partial charge on any atom is 0.273 e. The van der Waals surface area contributed by atoms with E-state index in [9.17, 15) is 9.59 Å². The number of rotatable bonds is 3. The summed E-state index contributed by atoms with van der Waals surface area (Å²) in [4.78, 5) is 39.2. The molecule has 7 nitrogen and oxygen atoms in total. The van der Waals surface area contributed by atoms with Gasteiger partial charge < -0.3 is 15.5 Å². The largest absolute Gasteiger partial charge is 0.368 e. The molecule has 0 aliphatic carbocycles. The third-order valence-electron chi connectivity index (χ3n) is 6.82. The van der Waals surface area contributed by atoms with Crippen LogP contribution in [0.3, 0.4) is 0 Å². The number of carbonyl (C=O) groups is 2. The van der Waals surface area contributed by atoms with Gasteiger partial charge in [0.15, 0.2) is 0 Å². The average Bonchev–Trinajstić information content (AvgIpc) is 3.30. The van der Waals surface area contributed by atoms with Gasteiger partial charge in [-0.05, 0) is 61.2 Å². The van der Waals surface area contributed by atoms with Crippen molar-refractivity contribution in [1.82, 2.24) is 19.8 Å². The van der Waals surface area contributed by atoms with Crippen molar-refractivity contribution >= 4 is 28.7 Å². The van der Waals surface area contributed by atoms with Crippen LogP contribution in [0.4, 0.5) is 5.95 Å². The van der Waals surface area contributed by atoms with E-state index in [-0.39, 0.29) is 29.0 Å². The molecule has 0 unspecified atom stereocenters. The average molecular weight is 480 g/mol. The Morgan fingerprint density at radius 2 is 1.56 bits per heavy atom. The zero-order chi connectivity index (χ0) is 25.6. The van der Waals surface area contributed by atoms with Gasteiger partial charge in [-0.2, -0.15) is 0 Å². The minimum Gasteiger partial charge on any atom is -0.368 e. The predicted octanol–water partition coefficient (Wildman–Crippen LogP) is 4.91. The number of amides is 2. The summed E-state index contributed by atoms with van der Waals surface area (Å²) in [5, 5.41) is 0.606. The molecule has 2 N–H and O–H groups in total. The Labute approximate surface area is 210 Å². The Kier molecular flexibility index (Phi) is 5.71. The Morgan fingerprint density at radius 3 is 2.22 bits per heavy atom. The summed E-state index contributed by atoms with van der Waals surface area (Å²) in [7, 11) is 1.81. The van der Waals surface area contributed by atoms with Gasteiger partial charge in [-0.1, -0.05) is 48.5 Å². The van der Waals surface area contributed by atoms with Gasteiger partial charge in [0.25, 0.3) is 11.8 Å². The first kappa shape index (κ1) is 23.5. The van der Waals surface area contributed by atoms with Crippen LogP contribution in [-0.4, -0.2) is 44.2 Å². The van der Waals surface area contributed by atoms with Crippen LogP contribution in [-0.2, 0) is 13.1 Å². The summed E-state index contributed by atoms with van der Waals surface area (Å²) in [5.74, 6) is -0.213. The van der Waals surface area contributed by atoms with E-state index in [2.05, 4.69) is 9.97 Å². The van der Waals surface area contributed by atoms with Crippen molar-refractivity contribution in [2.45, 2.75) is 39.4 Å². The highest BCUT2D eigenvalue weighted by Gasteiger charge is 2.28. The molecule has 1 aliphatic rings. The third kappa shape index (κ3) is 4.17. The molecule has 5 rings (SSSR count). The molecular formula is C29H29N5O2. The zero-order valence-electron chi connectivity index (χ0n) is 20.9. The maximum absolute atomic E-state index is 13.6. The fourth-order valence-electron chi connectivity index (χ4n) is 4.51. The second kappa shape index (κ2) is 8.75. The predicted molar refractivity (Wildman–Crippen MR) is 141 cm³/mol. The molecule has 4 aromatic rings. The van der Waals surface area contributed by atoms with Gasteiger partial charge in [0, 0.05) is 36.6 Å². The number of aromatic nitrogens is 2. The topological polar surface area (TPSA) is 92.4 Å². The van der Waals surface area contributed by atoms with E-state index in [0.717, 1.165) is 22.3 Å². The summed E-state index contributed by atoms with van der Waals surface area (Å²) in [5.41, 5.74) is 11.0. The Bertz CT molecular complexity index is 1480. The fraction of sp³-hybridized carbons (Fsp3) is 0.241. The van der Waals surface area contributed by atoms with E-state index >= 15 is 0 Å². The SMILES string of the molecule is CN(C(=O)c1ccccc1-c1ccc2nc(N)nc(C(=O)N3Cc4ccccc4C3)c2c1)C(C)(C)C. The molecule has 2 amide bonds. The Morgan fingerprint density at radius 1 is 0.917 bits per heavy atom. The lowest BCUT2D eigenvalue weighted by Gasteiger charge is -2.32. The number of anilines is 1. The third-order valence-corrected chi connectivity index (χ3v) is 6.82. The number of nitrogen functional groups attached to an aromatic ring is 1. The number of hydrogen-bond acceptors (Lipinski definition) is 5. The van der Waals surface area contributed by atoms with Crippen molar-refractivity contribution in [2.75, 3.05) is 12.8 Å². The summed E-state index contributed by atoms with van der Waals surface area (Å²) in [6, 6.07) is 21.2. The van der Waals surface area contributed by atoms with Crippen molar-refractivity contribution < 1.29 is 9.59 Å². The van der Waals surface area contributed by atoms with E-state index in [1.165, 1.54) is 0 Å². The number of benzene rings is 3. The van der Waals surface area contributed by atoms with Crippen LogP contribution in [0, 0.1) is 0 Å². The van der Waals surface area contributed by atoms with Crippen molar-refractivity contribution in [3.8, 4) is 11.1 Å². The van der Waals surface area contributed by atoms with Crippen molar-refractivity contribution in [2.24, 2.45) is 0 Å². The lowest BCUT2D eigenvalue weighted by atomic mass is 9.95. The smallest absolute Gasteiger partial charge is 0.273 e. The van der Waals surface area contributed by atoms with Crippen LogP contribution in [0.15, 0.2) is 66.7 Å². The molecule has 0 radical (unpaired) electrons. The molecule has 1 aliphatic heterocycles. The summed E-state index contributed by atoms with van der Waals surface area (Å²) >= 11 is 0. The lowest BCUT2D eigenvalue weighted by molar-refractivity contribution is 0.0656. The zero-order valence-corrected chi connectivity index (χ0v) is 20.9. The first-order valence-corrected chi connectivity index (χ1v) is 11.9. The molecule has 0 fully saturated rings. The standard InChI is InChI=1S/C29H29N5O2/c1-29(2,3)33(4)26(35)22-12-8-7-11-21(22)18-13-14-24-23(15-18)25(32-28(30)31-24)27(36)34-16-19-9-5-6-10-20(19)17-34/h5-15H,16-17H2,1-4H3,(H2,30,31,32). The molecule has 0 spiro atoms. The minimum absolute atomic E-state index is 0.0534. The van der Waals surface area contributed by atoms with E-state index in [4.69, 9.17) is 5.73 Å². The Balaban J connectivity index is 1.58. The van der Waals surface area contributed by atoms with Crippen LogP contribution in [0.2, 0.25) is 0 Å². The van der Waals surface area contributed by atoms with Crippen LogP contribution in [0.25, 0.3) is 22.0 Å². The van der Waals surface area contributed by atoms with Crippen LogP contribution in [0.1, 0.15) is 52.7 Å². The summed E-state index contributed by atoms with van der Waals surface area (Å²) in [6.07, 6.45) is 0. The van der Waals surface area contributed by atoms with Gasteiger partial charge in [0.2, 0.25) is 5.95 Å². The van der Waals surface area contributed by atoms with Gasteiger partial charge in [-0.3, -0.25) is 9.59 Å². The molecular weight excluding hydrogens is 450 g/mol. The molecule has 0 saturated heterocycles. The van der Waals surface area contributed by atoms with Crippen molar-refractivity contribution in [1.29, 1.82) is 0 Å². The number of nitrogens with two attached hydrogens (primary N) is 1. The second-order valence-electron chi connectivity index (χ2n) is 10.2. The van der Waals surface area contributed by atoms with E-state index in [0.29, 0.717) is 29.6 Å². The summed E-state index contributed by atoms with van der Waals surface area (Å²) in [6.45, 7) is 7.05. The first-order valence-electron chi connectivity index (χ1n) is 11.9. The quantitative estimate of drug-likeness (QED) is 0.451. The normalized spacial score (nSPS) is 13.1. The minimum atomic E-state index is -0.328. The lowest BCUT2D eigenvalue weighted by Crippen LogP contribution is -2.42. The molecule has 3 aromatic carbocycles. The van der Waals surface area contributed by atoms with E-state index in [1.54, 1.807) is 16.8 Å². The summed E-state index contributed by atoms with van der Waals surface area (Å²) < 4.78 is 0.